The van der Waals surface area contributed by atoms with E-state index in [0.717, 1.165) is 5.56 Å². The molecule has 1 atom stereocenters. The minimum absolute atomic E-state index is 0.0107. The lowest BCUT2D eigenvalue weighted by molar-refractivity contribution is -0.145. The van der Waals surface area contributed by atoms with E-state index in [1.54, 1.807) is 4.90 Å². The normalized spacial score (nSPS) is 20.2. The quantitative estimate of drug-likeness (QED) is 0.759. The van der Waals surface area contributed by atoms with Crippen LogP contribution in [0.3, 0.4) is 0 Å². The van der Waals surface area contributed by atoms with Crippen molar-refractivity contribution in [1.29, 1.82) is 0 Å². The van der Waals surface area contributed by atoms with E-state index in [9.17, 15) is 9.59 Å². The number of nitrogens with zero attached hydrogens (tertiary/aromatic N) is 1. The average molecular weight is 222 g/mol. The maximum atomic E-state index is 11.6. The van der Waals surface area contributed by atoms with Gasteiger partial charge in [0.1, 0.15) is 0 Å². The van der Waals surface area contributed by atoms with Crippen molar-refractivity contribution in [2.24, 2.45) is 5.92 Å². The highest BCUT2D eigenvalue weighted by Crippen LogP contribution is 2.20. The van der Waals surface area contributed by atoms with Gasteiger partial charge in [-0.2, -0.15) is 0 Å². The highest BCUT2D eigenvalue weighted by Gasteiger charge is 2.34. The number of likely N-dealkylation sites (tertiary alicyclic amines) is 1. The number of nitrogens with one attached hydrogen (secondary N) is 1. The SMILES string of the molecule is COC(=O)C1CC(=O)N(Cc2cc[nH]c2)C1. The summed E-state index contributed by atoms with van der Waals surface area (Å²) in [6.07, 6.45) is 3.92. The summed E-state index contributed by atoms with van der Waals surface area (Å²) in [5.74, 6) is -0.599. The van der Waals surface area contributed by atoms with Crippen molar-refractivity contribution < 1.29 is 14.3 Å². The molecule has 1 aliphatic rings. The molecule has 5 nitrogen and oxygen atoms in total. The van der Waals surface area contributed by atoms with Crippen LogP contribution < -0.4 is 0 Å². The summed E-state index contributed by atoms with van der Waals surface area (Å²) in [7, 11) is 1.35. The smallest absolute Gasteiger partial charge is 0.310 e. The van der Waals surface area contributed by atoms with Crippen LogP contribution in [0.15, 0.2) is 18.5 Å². The number of amides is 1. The fourth-order valence-electron chi connectivity index (χ4n) is 1.93. The number of rotatable bonds is 3. The molecule has 0 saturated carbocycles. The molecule has 5 heteroatoms. The van der Waals surface area contributed by atoms with Crippen LogP contribution in [0.5, 0.6) is 0 Å². The van der Waals surface area contributed by atoms with Gasteiger partial charge in [-0.3, -0.25) is 9.59 Å². The predicted molar refractivity (Wildman–Crippen MR) is 56.3 cm³/mol. The fourth-order valence-corrected chi connectivity index (χ4v) is 1.93. The number of ether oxygens (including phenoxy) is 1. The first-order valence-electron chi connectivity index (χ1n) is 5.18. The van der Waals surface area contributed by atoms with Crippen LogP contribution in [-0.4, -0.2) is 35.4 Å². The zero-order valence-corrected chi connectivity index (χ0v) is 9.10. The summed E-state index contributed by atoms with van der Waals surface area (Å²) in [5.41, 5.74) is 1.04. The molecule has 1 fully saturated rings. The van der Waals surface area contributed by atoms with Crippen LogP contribution in [0, 0.1) is 5.92 Å². The maximum absolute atomic E-state index is 11.6. The van der Waals surface area contributed by atoms with Crippen molar-refractivity contribution in [2.75, 3.05) is 13.7 Å². The van der Waals surface area contributed by atoms with Gasteiger partial charge in [-0.05, 0) is 11.6 Å². The number of hydrogen-bond donors (Lipinski definition) is 1. The second kappa shape index (κ2) is 4.38. The summed E-state index contributed by atoms with van der Waals surface area (Å²) >= 11 is 0. The lowest BCUT2D eigenvalue weighted by atomic mass is 10.1. The summed E-state index contributed by atoms with van der Waals surface area (Å²) in [6.45, 7) is 1.01. The van der Waals surface area contributed by atoms with Gasteiger partial charge in [0.25, 0.3) is 0 Å². The average Bonchev–Trinajstić information content (AvgIpc) is 2.89. The summed E-state index contributed by atoms with van der Waals surface area (Å²) in [6, 6.07) is 1.92. The molecule has 0 radical (unpaired) electrons. The Labute approximate surface area is 93.4 Å². The van der Waals surface area contributed by atoms with Crippen LogP contribution in [0.2, 0.25) is 0 Å². The molecule has 1 aromatic heterocycles. The molecule has 1 unspecified atom stereocenters. The Bertz CT molecular complexity index is 386. The maximum Gasteiger partial charge on any atom is 0.310 e. The Morgan fingerprint density at radius 2 is 2.50 bits per heavy atom. The van der Waals surface area contributed by atoms with Gasteiger partial charge in [0, 0.05) is 31.9 Å². The highest BCUT2D eigenvalue weighted by molar-refractivity contribution is 5.86. The van der Waals surface area contributed by atoms with Gasteiger partial charge in [0.2, 0.25) is 5.91 Å². The topological polar surface area (TPSA) is 62.4 Å². The zero-order chi connectivity index (χ0) is 11.5. The molecule has 1 aliphatic heterocycles. The number of hydrogen-bond acceptors (Lipinski definition) is 3. The summed E-state index contributed by atoms with van der Waals surface area (Å²) < 4.78 is 4.64. The van der Waals surface area contributed by atoms with E-state index in [4.69, 9.17) is 0 Å². The van der Waals surface area contributed by atoms with Crippen LogP contribution in [0.1, 0.15) is 12.0 Å². The molecule has 0 bridgehead atoms. The Balaban J connectivity index is 1.97. The fraction of sp³-hybridized carbons (Fsp3) is 0.455. The number of H-pyrrole nitrogens is 1. The van der Waals surface area contributed by atoms with Gasteiger partial charge in [0.15, 0.2) is 0 Å². The third-order valence-electron chi connectivity index (χ3n) is 2.78. The van der Waals surface area contributed by atoms with E-state index in [1.165, 1.54) is 7.11 Å². The molecular formula is C11H14N2O3. The van der Waals surface area contributed by atoms with Crippen LogP contribution >= 0.6 is 0 Å². The van der Waals surface area contributed by atoms with Crippen LogP contribution in [0.25, 0.3) is 0 Å². The third kappa shape index (κ3) is 2.08. The molecule has 16 heavy (non-hydrogen) atoms. The molecule has 2 rings (SSSR count). The molecule has 86 valence electrons. The van der Waals surface area contributed by atoms with Crippen LogP contribution in [-0.2, 0) is 20.9 Å². The molecular weight excluding hydrogens is 208 g/mol. The predicted octanol–water partition coefficient (Wildman–Crippen LogP) is 0.536. The molecule has 1 saturated heterocycles. The lowest BCUT2D eigenvalue weighted by Crippen LogP contribution is -2.25. The van der Waals surface area contributed by atoms with Crippen LogP contribution in [0.4, 0.5) is 0 Å². The number of carbonyl (C=O) groups excluding carboxylic acids is 2. The first-order chi connectivity index (χ1) is 7.70. The van der Waals surface area contributed by atoms with Crippen molar-refractivity contribution in [2.45, 2.75) is 13.0 Å². The minimum Gasteiger partial charge on any atom is -0.469 e. The second-order valence-corrected chi connectivity index (χ2v) is 3.92. The first kappa shape index (κ1) is 10.7. The van der Waals surface area contributed by atoms with E-state index < -0.39 is 0 Å². The zero-order valence-electron chi connectivity index (χ0n) is 9.10. The monoisotopic (exact) mass is 222 g/mol. The second-order valence-electron chi connectivity index (χ2n) is 3.92. The minimum atomic E-state index is -0.309. The molecule has 0 aliphatic carbocycles. The number of aromatic amines is 1. The van der Waals surface area contributed by atoms with Crippen molar-refractivity contribution in [3.05, 3.63) is 24.0 Å². The van der Waals surface area contributed by atoms with E-state index in [-0.39, 0.29) is 24.2 Å². The highest BCUT2D eigenvalue weighted by atomic mass is 16.5. The van der Waals surface area contributed by atoms with E-state index >= 15 is 0 Å². The van der Waals surface area contributed by atoms with Crippen molar-refractivity contribution >= 4 is 11.9 Å². The van der Waals surface area contributed by atoms with Gasteiger partial charge < -0.3 is 14.6 Å². The number of esters is 1. The van der Waals surface area contributed by atoms with E-state index in [2.05, 4.69) is 9.72 Å². The molecule has 2 heterocycles. The number of carbonyl (C=O) groups is 2. The summed E-state index contributed by atoms with van der Waals surface area (Å²) in [5, 5.41) is 0. The third-order valence-corrected chi connectivity index (χ3v) is 2.78. The summed E-state index contributed by atoms with van der Waals surface area (Å²) in [4.78, 5) is 27.6. The van der Waals surface area contributed by atoms with Crippen molar-refractivity contribution in [1.82, 2.24) is 9.88 Å². The molecule has 0 spiro atoms. The van der Waals surface area contributed by atoms with Gasteiger partial charge >= 0.3 is 5.97 Å². The first-order valence-corrected chi connectivity index (χ1v) is 5.18. The van der Waals surface area contributed by atoms with E-state index in [0.29, 0.717) is 13.1 Å². The Kier molecular flexibility index (Phi) is 2.94. The Morgan fingerprint density at radius 1 is 1.69 bits per heavy atom. The largest absolute Gasteiger partial charge is 0.469 e. The van der Waals surface area contributed by atoms with E-state index in [1.807, 2.05) is 18.5 Å². The lowest BCUT2D eigenvalue weighted by Gasteiger charge is -2.14. The van der Waals surface area contributed by atoms with Crippen molar-refractivity contribution in [3.8, 4) is 0 Å². The van der Waals surface area contributed by atoms with Crippen molar-refractivity contribution in [3.63, 3.8) is 0 Å². The number of aromatic nitrogens is 1. The number of methoxy groups -OCH3 is 1. The van der Waals surface area contributed by atoms with Gasteiger partial charge in [-0.1, -0.05) is 0 Å². The van der Waals surface area contributed by atoms with Gasteiger partial charge in [0.05, 0.1) is 13.0 Å². The van der Waals surface area contributed by atoms with Gasteiger partial charge in [-0.15, -0.1) is 0 Å². The Hall–Kier alpha value is -1.78. The molecule has 1 aromatic rings. The molecule has 0 aromatic carbocycles. The molecule has 1 amide bonds. The van der Waals surface area contributed by atoms with Gasteiger partial charge in [-0.25, -0.2) is 0 Å². The standard InChI is InChI=1S/C11H14N2O3/c1-16-11(15)9-4-10(14)13(7-9)6-8-2-3-12-5-8/h2-3,5,9,12H,4,6-7H2,1H3. The molecule has 1 N–H and O–H groups in total. The Morgan fingerprint density at radius 3 is 3.12 bits per heavy atom.